The molecule has 6 rings (SSSR count). The monoisotopic (exact) mass is 460 g/mol. The standard InChI is InChI=1S/C28H24N6O/c1-16(32-25-13-19(4-9-22(25)29)17-2-7-21(35)8-3-17)18-5-11-24-27(12-18)34-28(33-24)20-6-10-23-26(14-20)31-15-30-23/h2-13,15,20,35H,14,29H2,1H3,(H,30,31)(H,33,34)/b32-16+. The molecular weight excluding hydrogens is 436 g/mol. The number of rotatable bonds is 4. The highest BCUT2D eigenvalue weighted by atomic mass is 16.3. The Morgan fingerprint density at radius 2 is 1.89 bits per heavy atom. The molecule has 0 fully saturated rings. The molecule has 0 amide bonds. The number of aliphatic imine (C=N–C) groups is 1. The average Bonchev–Trinajstić information content (AvgIpc) is 3.52. The van der Waals surface area contributed by atoms with Crippen LogP contribution in [-0.4, -0.2) is 30.8 Å². The lowest BCUT2D eigenvalue weighted by Crippen LogP contribution is -2.07. The van der Waals surface area contributed by atoms with Gasteiger partial charge in [0.25, 0.3) is 0 Å². The predicted molar refractivity (Wildman–Crippen MR) is 140 cm³/mol. The van der Waals surface area contributed by atoms with Gasteiger partial charge in [-0.2, -0.15) is 0 Å². The van der Waals surface area contributed by atoms with Crippen molar-refractivity contribution in [1.29, 1.82) is 0 Å². The largest absolute Gasteiger partial charge is 0.508 e. The first kappa shape index (κ1) is 20.9. The van der Waals surface area contributed by atoms with Crippen LogP contribution < -0.4 is 5.73 Å². The number of hydrogen-bond donors (Lipinski definition) is 4. The summed E-state index contributed by atoms with van der Waals surface area (Å²) >= 11 is 0. The van der Waals surface area contributed by atoms with Crippen molar-refractivity contribution in [3.63, 3.8) is 0 Å². The van der Waals surface area contributed by atoms with E-state index in [0.717, 1.165) is 57.1 Å². The molecule has 3 aromatic carbocycles. The van der Waals surface area contributed by atoms with Crippen molar-refractivity contribution in [1.82, 2.24) is 19.9 Å². The lowest BCUT2D eigenvalue weighted by molar-refractivity contribution is 0.475. The van der Waals surface area contributed by atoms with E-state index in [-0.39, 0.29) is 11.7 Å². The van der Waals surface area contributed by atoms with Crippen LogP contribution in [0.3, 0.4) is 0 Å². The molecule has 0 bridgehead atoms. The molecule has 0 saturated heterocycles. The maximum absolute atomic E-state index is 9.57. The van der Waals surface area contributed by atoms with E-state index in [1.165, 1.54) is 0 Å². The van der Waals surface area contributed by atoms with Crippen molar-refractivity contribution < 1.29 is 5.11 Å². The summed E-state index contributed by atoms with van der Waals surface area (Å²) in [5, 5.41) is 9.57. The van der Waals surface area contributed by atoms with Crippen LogP contribution in [0.2, 0.25) is 0 Å². The molecule has 0 saturated carbocycles. The highest BCUT2D eigenvalue weighted by molar-refractivity contribution is 6.03. The fraction of sp³-hybridized carbons (Fsp3) is 0.107. The van der Waals surface area contributed by atoms with Crippen LogP contribution in [0.4, 0.5) is 11.4 Å². The van der Waals surface area contributed by atoms with Crippen LogP contribution >= 0.6 is 0 Å². The zero-order valence-corrected chi connectivity index (χ0v) is 19.2. The number of hydrogen-bond acceptors (Lipinski definition) is 5. The van der Waals surface area contributed by atoms with E-state index in [0.29, 0.717) is 11.4 Å². The number of allylic oxidation sites excluding steroid dienone is 1. The number of nitrogens with one attached hydrogen (secondary N) is 2. The van der Waals surface area contributed by atoms with E-state index in [9.17, 15) is 5.11 Å². The minimum atomic E-state index is 0.166. The first-order valence-corrected chi connectivity index (χ1v) is 11.5. The normalized spacial score (nSPS) is 15.5. The molecule has 1 aliphatic carbocycles. The van der Waals surface area contributed by atoms with Crippen LogP contribution in [0, 0.1) is 0 Å². The average molecular weight is 461 g/mol. The molecule has 0 aliphatic heterocycles. The van der Waals surface area contributed by atoms with Crippen molar-refractivity contribution in [3.05, 3.63) is 95.8 Å². The molecule has 35 heavy (non-hydrogen) atoms. The third kappa shape index (κ3) is 3.97. The zero-order valence-electron chi connectivity index (χ0n) is 19.2. The number of nitrogens with two attached hydrogens (primary N) is 1. The van der Waals surface area contributed by atoms with Gasteiger partial charge in [-0.05, 0) is 66.1 Å². The summed E-state index contributed by atoms with van der Waals surface area (Å²) in [6, 6.07) is 19.0. The van der Waals surface area contributed by atoms with Crippen molar-refractivity contribution in [2.45, 2.75) is 19.3 Å². The maximum Gasteiger partial charge on any atom is 0.115 e. The van der Waals surface area contributed by atoms with Crippen LogP contribution in [-0.2, 0) is 6.42 Å². The quantitative estimate of drug-likeness (QED) is 0.202. The Morgan fingerprint density at radius 3 is 2.74 bits per heavy atom. The van der Waals surface area contributed by atoms with Crippen molar-refractivity contribution in [3.8, 4) is 16.9 Å². The molecule has 0 radical (unpaired) electrons. The SMILES string of the molecule is C/C(=N\c1cc(-c2ccc(O)cc2)ccc1N)c1ccc2[nH]c(C3C=Cc4[nH]cnc4C3)nc2c1. The summed E-state index contributed by atoms with van der Waals surface area (Å²) in [6.07, 6.45) is 6.79. The molecule has 2 heterocycles. The first-order valence-electron chi connectivity index (χ1n) is 11.5. The minimum absolute atomic E-state index is 0.166. The third-order valence-corrected chi connectivity index (χ3v) is 6.45. The number of phenolic OH excluding ortho intramolecular Hbond substituents is 1. The molecule has 1 atom stereocenters. The summed E-state index contributed by atoms with van der Waals surface area (Å²) in [5.74, 6) is 1.34. The van der Waals surface area contributed by atoms with Crippen LogP contribution in [0.15, 0.2) is 78.1 Å². The Kier molecular flexibility index (Phi) is 4.95. The van der Waals surface area contributed by atoms with E-state index in [2.05, 4.69) is 33.2 Å². The van der Waals surface area contributed by atoms with Gasteiger partial charge in [-0.15, -0.1) is 0 Å². The molecule has 1 unspecified atom stereocenters. The number of aromatic amines is 2. The van der Waals surface area contributed by atoms with Gasteiger partial charge in [-0.25, -0.2) is 9.97 Å². The number of imidazole rings is 2. The second-order valence-electron chi connectivity index (χ2n) is 8.80. The third-order valence-electron chi connectivity index (χ3n) is 6.45. The smallest absolute Gasteiger partial charge is 0.115 e. The Hall–Kier alpha value is -4.65. The molecule has 7 nitrogen and oxygen atoms in total. The van der Waals surface area contributed by atoms with Gasteiger partial charge in [0.1, 0.15) is 11.6 Å². The highest BCUT2D eigenvalue weighted by Crippen LogP contribution is 2.32. The Bertz CT molecular complexity index is 1610. The Labute approximate surface area is 202 Å². The van der Waals surface area contributed by atoms with Crippen molar-refractivity contribution >= 4 is 34.2 Å². The molecule has 0 spiro atoms. The van der Waals surface area contributed by atoms with E-state index in [1.807, 2.05) is 49.4 Å². The van der Waals surface area contributed by atoms with Gasteiger partial charge >= 0.3 is 0 Å². The first-order chi connectivity index (χ1) is 17.0. The van der Waals surface area contributed by atoms with E-state index >= 15 is 0 Å². The molecule has 5 aromatic rings. The number of H-pyrrole nitrogens is 2. The lowest BCUT2D eigenvalue weighted by Gasteiger charge is -2.13. The topological polar surface area (TPSA) is 116 Å². The molecule has 5 N–H and O–H groups in total. The number of aromatic hydroxyl groups is 1. The highest BCUT2D eigenvalue weighted by Gasteiger charge is 2.20. The van der Waals surface area contributed by atoms with E-state index < -0.39 is 0 Å². The molecule has 2 aromatic heterocycles. The van der Waals surface area contributed by atoms with Crippen LogP contribution in [0.5, 0.6) is 5.75 Å². The second kappa shape index (κ2) is 8.29. The van der Waals surface area contributed by atoms with Crippen LogP contribution in [0.1, 0.15) is 35.6 Å². The number of fused-ring (bicyclic) bond motifs is 2. The fourth-order valence-corrected chi connectivity index (χ4v) is 4.46. The number of nitrogen functional groups attached to an aromatic ring is 1. The van der Waals surface area contributed by atoms with Crippen molar-refractivity contribution in [2.24, 2.45) is 4.99 Å². The number of aromatic nitrogens is 4. The van der Waals surface area contributed by atoms with E-state index in [4.69, 9.17) is 15.7 Å². The van der Waals surface area contributed by atoms with Gasteiger partial charge in [-0.1, -0.05) is 30.3 Å². The number of anilines is 1. The maximum atomic E-state index is 9.57. The van der Waals surface area contributed by atoms with Gasteiger partial charge in [0.05, 0.1) is 40.1 Å². The van der Waals surface area contributed by atoms with Gasteiger partial charge in [0.2, 0.25) is 0 Å². The number of benzene rings is 3. The van der Waals surface area contributed by atoms with Gasteiger partial charge < -0.3 is 20.8 Å². The molecule has 1 aliphatic rings. The summed E-state index contributed by atoms with van der Waals surface area (Å²) in [4.78, 5) is 20.7. The zero-order chi connectivity index (χ0) is 23.9. The summed E-state index contributed by atoms with van der Waals surface area (Å²) in [7, 11) is 0. The summed E-state index contributed by atoms with van der Waals surface area (Å²) < 4.78 is 0. The van der Waals surface area contributed by atoms with Gasteiger partial charge in [0.15, 0.2) is 0 Å². The Morgan fingerprint density at radius 1 is 1.06 bits per heavy atom. The number of phenols is 1. The fourth-order valence-electron chi connectivity index (χ4n) is 4.46. The van der Waals surface area contributed by atoms with E-state index in [1.54, 1.807) is 18.5 Å². The predicted octanol–water partition coefficient (Wildman–Crippen LogP) is 5.73. The molecular formula is C28H24N6O. The van der Waals surface area contributed by atoms with Gasteiger partial charge in [0, 0.05) is 18.1 Å². The summed E-state index contributed by atoms with van der Waals surface area (Å²) in [6.45, 7) is 1.98. The van der Waals surface area contributed by atoms with Crippen molar-refractivity contribution in [2.75, 3.05) is 5.73 Å². The van der Waals surface area contributed by atoms with Crippen LogP contribution in [0.25, 0.3) is 28.2 Å². The Balaban J connectivity index is 1.30. The number of nitrogens with zero attached hydrogens (tertiary/aromatic N) is 3. The lowest BCUT2D eigenvalue weighted by atomic mass is 9.96. The van der Waals surface area contributed by atoms with Gasteiger partial charge in [-0.3, -0.25) is 4.99 Å². The minimum Gasteiger partial charge on any atom is -0.508 e. The second-order valence-corrected chi connectivity index (χ2v) is 8.80. The molecule has 7 heteroatoms. The summed E-state index contributed by atoms with van der Waals surface area (Å²) in [5.41, 5.74) is 15.4. The molecule has 172 valence electrons.